The van der Waals surface area contributed by atoms with Gasteiger partial charge in [-0.1, -0.05) is 0 Å². The van der Waals surface area contributed by atoms with Gasteiger partial charge in [-0.3, -0.25) is 10.1 Å². The van der Waals surface area contributed by atoms with Gasteiger partial charge in [-0.15, -0.1) is 0 Å². The molecule has 1 saturated carbocycles. The zero-order valence-corrected chi connectivity index (χ0v) is 11.2. The van der Waals surface area contributed by atoms with E-state index in [-0.39, 0.29) is 18.0 Å². The van der Waals surface area contributed by atoms with Gasteiger partial charge in [0.2, 0.25) is 0 Å². The molecule has 0 heterocycles. The molecule has 7 nitrogen and oxygen atoms in total. The number of methoxy groups -OCH3 is 1. The topological polar surface area (TPSA) is 93.9 Å². The summed E-state index contributed by atoms with van der Waals surface area (Å²) in [6.45, 7) is 0.432. The number of hydrogen-bond donors (Lipinski definition) is 2. The molecule has 110 valence electrons. The smallest absolute Gasteiger partial charge is 0.314 e. The molecule has 0 aliphatic heterocycles. The van der Waals surface area contributed by atoms with E-state index in [1.807, 2.05) is 0 Å². The number of nitro benzene ring substituents is 1. The summed E-state index contributed by atoms with van der Waals surface area (Å²) in [5.41, 5.74) is -0.174. The number of aliphatic hydroxyl groups is 1. The van der Waals surface area contributed by atoms with Crippen LogP contribution in [0.4, 0.5) is 5.69 Å². The zero-order chi connectivity index (χ0) is 14.5. The van der Waals surface area contributed by atoms with Gasteiger partial charge in [-0.25, -0.2) is 0 Å². The maximum Gasteiger partial charge on any atom is 0.314 e. The molecule has 1 aromatic rings. The Bertz CT molecular complexity index is 476. The van der Waals surface area contributed by atoms with Crippen LogP contribution in [0.5, 0.6) is 11.5 Å². The van der Waals surface area contributed by atoms with E-state index in [1.165, 1.54) is 19.2 Å². The van der Waals surface area contributed by atoms with Gasteiger partial charge in [0.15, 0.2) is 5.75 Å². The largest absolute Gasteiger partial charge is 0.496 e. The average Bonchev–Trinajstić information content (AvgIpc) is 3.26. The van der Waals surface area contributed by atoms with E-state index < -0.39 is 11.0 Å². The summed E-state index contributed by atoms with van der Waals surface area (Å²) in [5, 5.41) is 23.9. The van der Waals surface area contributed by atoms with Crippen molar-refractivity contribution in [2.75, 3.05) is 20.3 Å². The Morgan fingerprint density at radius 1 is 1.55 bits per heavy atom. The maximum atomic E-state index is 11.0. The summed E-state index contributed by atoms with van der Waals surface area (Å²) >= 11 is 0. The van der Waals surface area contributed by atoms with Crippen molar-refractivity contribution in [3.8, 4) is 11.5 Å². The van der Waals surface area contributed by atoms with Gasteiger partial charge in [0.25, 0.3) is 0 Å². The lowest BCUT2D eigenvalue weighted by atomic mass is 10.2. The predicted octanol–water partition coefficient (Wildman–Crippen LogP) is 1.10. The molecular weight excluding hydrogens is 264 g/mol. The fourth-order valence-electron chi connectivity index (χ4n) is 1.72. The number of aliphatic hydroxyl groups excluding tert-OH is 1. The van der Waals surface area contributed by atoms with Gasteiger partial charge < -0.3 is 19.9 Å². The van der Waals surface area contributed by atoms with Gasteiger partial charge in [0.1, 0.15) is 18.5 Å². The highest BCUT2D eigenvalue weighted by molar-refractivity contribution is 5.50. The number of ether oxygens (including phenoxy) is 2. The molecule has 1 aliphatic rings. The van der Waals surface area contributed by atoms with Crippen LogP contribution in [-0.4, -0.2) is 42.4 Å². The van der Waals surface area contributed by atoms with Crippen molar-refractivity contribution in [1.29, 1.82) is 0 Å². The van der Waals surface area contributed by atoms with Crippen molar-refractivity contribution in [3.63, 3.8) is 0 Å². The molecule has 2 N–H and O–H groups in total. The highest BCUT2D eigenvalue weighted by Crippen LogP contribution is 2.31. The van der Waals surface area contributed by atoms with E-state index in [2.05, 4.69) is 5.32 Å². The lowest BCUT2D eigenvalue weighted by Crippen LogP contribution is -2.32. The lowest BCUT2D eigenvalue weighted by molar-refractivity contribution is -0.386. The van der Waals surface area contributed by atoms with Crippen LogP contribution in [0.2, 0.25) is 0 Å². The van der Waals surface area contributed by atoms with E-state index in [9.17, 15) is 15.2 Å². The predicted molar refractivity (Wildman–Crippen MR) is 72.2 cm³/mol. The Labute approximate surface area is 116 Å². The van der Waals surface area contributed by atoms with E-state index >= 15 is 0 Å². The van der Waals surface area contributed by atoms with Crippen molar-refractivity contribution in [2.45, 2.75) is 25.0 Å². The van der Waals surface area contributed by atoms with Gasteiger partial charge in [0, 0.05) is 12.6 Å². The minimum atomic E-state index is -0.697. The maximum absolute atomic E-state index is 11.0. The van der Waals surface area contributed by atoms with Gasteiger partial charge >= 0.3 is 5.69 Å². The molecule has 1 atom stereocenters. The average molecular weight is 282 g/mol. The summed E-state index contributed by atoms with van der Waals surface area (Å²) in [6.07, 6.45) is 1.58. The molecule has 0 saturated heterocycles. The fourth-order valence-corrected chi connectivity index (χ4v) is 1.72. The van der Waals surface area contributed by atoms with Crippen LogP contribution in [0.25, 0.3) is 0 Å². The number of nitrogens with one attached hydrogen (secondary N) is 1. The Morgan fingerprint density at radius 2 is 2.30 bits per heavy atom. The third-order valence-corrected chi connectivity index (χ3v) is 3.01. The van der Waals surface area contributed by atoms with Crippen molar-refractivity contribution in [2.24, 2.45) is 0 Å². The van der Waals surface area contributed by atoms with E-state index in [0.717, 1.165) is 12.8 Å². The molecule has 1 aliphatic carbocycles. The van der Waals surface area contributed by atoms with Gasteiger partial charge in [0.05, 0.1) is 18.1 Å². The van der Waals surface area contributed by atoms with Crippen molar-refractivity contribution < 1.29 is 19.5 Å². The van der Waals surface area contributed by atoms with E-state index in [4.69, 9.17) is 9.47 Å². The summed E-state index contributed by atoms with van der Waals surface area (Å²) in [5.74, 6) is 0.515. The van der Waals surface area contributed by atoms with Crippen LogP contribution in [0.15, 0.2) is 18.2 Å². The number of benzene rings is 1. The van der Waals surface area contributed by atoms with Gasteiger partial charge in [-0.2, -0.15) is 0 Å². The normalized spacial score (nSPS) is 15.7. The van der Waals surface area contributed by atoms with Gasteiger partial charge in [-0.05, 0) is 25.0 Å². The minimum absolute atomic E-state index is 0.00683. The highest BCUT2D eigenvalue weighted by atomic mass is 16.6. The Kier molecular flexibility index (Phi) is 4.75. The third kappa shape index (κ3) is 4.07. The second kappa shape index (κ2) is 6.53. The Hall–Kier alpha value is -1.86. The molecule has 1 unspecified atom stereocenters. The van der Waals surface area contributed by atoms with Crippen LogP contribution in [0.1, 0.15) is 12.8 Å². The molecule has 0 bridgehead atoms. The molecule has 2 rings (SSSR count). The van der Waals surface area contributed by atoms with Crippen LogP contribution in [0, 0.1) is 10.1 Å². The SMILES string of the molecule is COc1ccc(OCC(O)CNC2CC2)c([N+](=O)[O-])c1. The highest BCUT2D eigenvalue weighted by Gasteiger charge is 2.22. The molecular formula is C13H18N2O5. The summed E-state index contributed by atoms with van der Waals surface area (Å²) in [6, 6.07) is 4.85. The van der Waals surface area contributed by atoms with Crippen molar-refractivity contribution in [1.82, 2.24) is 5.32 Å². The van der Waals surface area contributed by atoms with E-state index in [1.54, 1.807) is 6.07 Å². The quantitative estimate of drug-likeness (QED) is 0.547. The minimum Gasteiger partial charge on any atom is -0.496 e. The van der Waals surface area contributed by atoms with E-state index in [0.29, 0.717) is 18.3 Å². The molecule has 1 aromatic carbocycles. The number of rotatable bonds is 8. The first-order valence-corrected chi connectivity index (χ1v) is 6.47. The number of nitro groups is 1. The molecule has 0 radical (unpaired) electrons. The molecule has 0 spiro atoms. The summed E-state index contributed by atoms with van der Waals surface area (Å²) < 4.78 is 10.3. The third-order valence-electron chi connectivity index (χ3n) is 3.01. The standard InChI is InChI=1S/C13H18N2O5/c1-19-11-4-5-13(12(6-11)15(17)18)20-8-10(16)7-14-9-2-3-9/h4-6,9-10,14,16H,2-3,7-8H2,1H3. The number of nitrogens with zero attached hydrogens (tertiary/aromatic N) is 1. The molecule has 7 heteroatoms. The zero-order valence-electron chi connectivity index (χ0n) is 11.2. The lowest BCUT2D eigenvalue weighted by Gasteiger charge is -2.13. The molecule has 1 fully saturated rings. The second-order valence-electron chi connectivity index (χ2n) is 4.74. The first-order valence-electron chi connectivity index (χ1n) is 6.47. The molecule has 20 heavy (non-hydrogen) atoms. The fraction of sp³-hybridized carbons (Fsp3) is 0.538. The van der Waals surface area contributed by atoms with Crippen LogP contribution in [0.3, 0.4) is 0 Å². The molecule has 0 aromatic heterocycles. The monoisotopic (exact) mass is 282 g/mol. The summed E-state index contributed by atoms with van der Waals surface area (Å²) in [4.78, 5) is 10.4. The Morgan fingerprint density at radius 3 is 2.90 bits per heavy atom. The van der Waals surface area contributed by atoms with Crippen molar-refractivity contribution in [3.05, 3.63) is 28.3 Å². The van der Waals surface area contributed by atoms with Crippen LogP contribution in [-0.2, 0) is 0 Å². The van der Waals surface area contributed by atoms with Crippen molar-refractivity contribution >= 4 is 5.69 Å². The van der Waals surface area contributed by atoms with Crippen LogP contribution >= 0.6 is 0 Å². The molecule has 0 amide bonds. The summed E-state index contributed by atoms with van der Waals surface area (Å²) in [7, 11) is 1.44. The second-order valence-corrected chi connectivity index (χ2v) is 4.74. The van der Waals surface area contributed by atoms with Crippen LogP contribution < -0.4 is 14.8 Å². The first kappa shape index (κ1) is 14.5. The first-order chi connectivity index (χ1) is 9.60. The Balaban J connectivity index is 1.91. The number of hydrogen-bond acceptors (Lipinski definition) is 6.